The Morgan fingerprint density at radius 2 is 1.81 bits per heavy atom. The fourth-order valence-electron chi connectivity index (χ4n) is 4.70. The number of methoxy groups -OCH3 is 1. The van der Waals surface area contributed by atoms with Gasteiger partial charge in [0, 0.05) is 13.5 Å². The first-order valence-corrected chi connectivity index (χ1v) is 12.6. The lowest BCUT2D eigenvalue weighted by Crippen LogP contribution is -2.63. The van der Waals surface area contributed by atoms with Gasteiger partial charge in [-0.1, -0.05) is 6.42 Å². The van der Waals surface area contributed by atoms with Crippen LogP contribution in [0.25, 0.3) is 0 Å². The molecule has 0 aromatic heterocycles. The van der Waals surface area contributed by atoms with Gasteiger partial charge in [0.15, 0.2) is 11.9 Å². The summed E-state index contributed by atoms with van der Waals surface area (Å²) in [5.41, 5.74) is -0.605. The molecule has 0 N–H and O–H groups in total. The molecule has 0 unspecified atom stereocenters. The Labute approximate surface area is 167 Å². The Morgan fingerprint density at radius 3 is 2.48 bits per heavy atom. The number of ether oxygens (including phenoxy) is 2. The third kappa shape index (κ3) is 4.44. The Balaban J connectivity index is 1.72. The van der Waals surface area contributed by atoms with Crippen LogP contribution in [0.3, 0.4) is 0 Å². The Bertz CT molecular complexity index is 540. The number of hydrogen-bond donors (Lipinski definition) is 0. The highest BCUT2D eigenvalue weighted by molar-refractivity contribution is 8.07. The van der Waals surface area contributed by atoms with Crippen molar-refractivity contribution in [1.29, 1.82) is 0 Å². The molecule has 4 rings (SSSR count). The van der Waals surface area contributed by atoms with Crippen molar-refractivity contribution in [3.63, 3.8) is 0 Å². The van der Waals surface area contributed by atoms with Crippen molar-refractivity contribution in [2.75, 3.05) is 26.9 Å². The van der Waals surface area contributed by atoms with E-state index in [0.29, 0.717) is 25.7 Å². The van der Waals surface area contributed by atoms with E-state index in [-0.39, 0.29) is 5.92 Å². The molecule has 0 amide bonds. The van der Waals surface area contributed by atoms with Crippen LogP contribution in [0.1, 0.15) is 59.3 Å². The Morgan fingerprint density at radius 1 is 1.07 bits per heavy atom. The van der Waals surface area contributed by atoms with E-state index < -0.39 is 24.4 Å². The highest BCUT2D eigenvalue weighted by Gasteiger charge is 2.63. The average molecular weight is 424 g/mol. The molecule has 1 spiro atoms. The highest BCUT2D eigenvalue weighted by atomic mass is 32.5. The molecular weight excluding hydrogens is 391 g/mol. The van der Waals surface area contributed by atoms with Gasteiger partial charge in [-0.05, 0) is 70.1 Å². The molecule has 27 heavy (non-hydrogen) atoms. The molecule has 3 saturated heterocycles. The number of rotatable bonds is 9. The summed E-state index contributed by atoms with van der Waals surface area (Å²) < 4.78 is 29.0. The van der Waals surface area contributed by atoms with Gasteiger partial charge in [0.2, 0.25) is 5.79 Å². The van der Waals surface area contributed by atoms with E-state index in [1.807, 2.05) is 20.8 Å². The number of fused-ring (bicyclic) bond motifs is 3. The van der Waals surface area contributed by atoms with Crippen LogP contribution < -0.4 is 0 Å². The first-order chi connectivity index (χ1) is 12.9. The predicted octanol–water partition coefficient (Wildman–Crippen LogP) is 4.31. The maximum absolute atomic E-state index is 6.19. The minimum Gasteiger partial charge on any atom is -0.353 e. The van der Waals surface area contributed by atoms with Crippen molar-refractivity contribution in [2.24, 2.45) is 11.8 Å². The molecule has 9 heteroatoms. The summed E-state index contributed by atoms with van der Waals surface area (Å²) in [5, 5.41) is 0. The molecule has 1 aliphatic carbocycles. The van der Waals surface area contributed by atoms with Crippen LogP contribution in [0.4, 0.5) is 0 Å². The third-order valence-corrected chi connectivity index (χ3v) is 8.52. The van der Waals surface area contributed by atoms with Gasteiger partial charge in [-0.2, -0.15) is 0 Å². The van der Waals surface area contributed by atoms with Crippen LogP contribution >= 0.6 is 6.72 Å². The van der Waals surface area contributed by atoms with Crippen LogP contribution in [0.5, 0.6) is 0 Å². The summed E-state index contributed by atoms with van der Waals surface area (Å²) >= 11 is 5.47. The third-order valence-electron chi connectivity index (χ3n) is 5.92. The maximum atomic E-state index is 6.19. The van der Waals surface area contributed by atoms with Gasteiger partial charge < -0.3 is 23.0 Å². The predicted molar refractivity (Wildman–Crippen MR) is 103 cm³/mol. The molecule has 0 radical (unpaired) electrons. The Kier molecular flexibility index (Phi) is 7.37. The minimum atomic E-state index is -2.69. The molecule has 1 saturated carbocycles. The highest BCUT2D eigenvalue weighted by Crippen LogP contribution is 2.56. The van der Waals surface area contributed by atoms with Crippen molar-refractivity contribution in [2.45, 2.75) is 77.0 Å². The van der Waals surface area contributed by atoms with Gasteiger partial charge in [0.1, 0.15) is 0 Å². The second-order valence-electron chi connectivity index (χ2n) is 7.61. The normalized spacial score (nSPS) is 39.2. The van der Waals surface area contributed by atoms with Crippen LogP contribution in [-0.4, -0.2) is 44.6 Å². The zero-order valence-corrected chi connectivity index (χ0v) is 18.5. The lowest BCUT2D eigenvalue weighted by molar-refractivity contribution is -0.554. The summed E-state index contributed by atoms with van der Waals surface area (Å²) in [6, 6.07) is 0. The summed E-state index contributed by atoms with van der Waals surface area (Å²) in [6.45, 7) is 4.42. The molecule has 0 aromatic carbocycles. The molecule has 2 bridgehead atoms. The zero-order valence-electron chi connectivity index (χ0n) is 16.8. The Hall–Kier alpha value is 0.370. The fraction of sp³-hybridized carbons (Fsp3) is 1.00. The van der Waals surface area contributed by atoms with E-state index in [4.69, 9.17) is 44.6 Å². The molecule has 4 aliphatic rings. The topological polar surface area (TPSA) is 64.6 Å². The van der Waals surface area contributed by atoms with Crippen LogP contribution in [0.15, 0.2) is 0 Å². The molecule has 3 heterocycles. The lowest BCUT2D eigenvalue weighted by atomic mass is 9.65. The van der Waals surface area contributed by atoms with E-state index in [2.05, 4.69) is 0 Å². The van der Waals surface area contributed by atoms with Gasteiger partial charge in [0.25, 0.3) is 0 Å². The van der Waals surface area contributed by atoms with Crippen LogP contribution in [-0.2, 0) is 44.6 Å². The van der Waals surface area contributed by atoms with Gasteiger partial charge in [-0.25, -0.2) is 9.78 Å². The molecule has 7 nitrogen and oxygen atoms in total. The molecule has 3 aliphatic heterocycles. The second-order valence-corrected chi connectivity index (χ2v) is 10.6. The van der Waals surface area contributed by atoms with E-state index in [0.717, 1.165) is 38.5 Å². The van der Waals surface area contributed by atoms with Crippen molar-refractivity contribution < 1.29 is 32.8 Å². The van der Waals surface area contributed by atoms with E-state index in [1.54, 1.807) is 7.11 Å². The lowest BCUT2D eigenvalue weighted by Gasteiger charge is -2.53. The first kappa shape index (κ1) is 22.1. The van der Waals surface area contributed by atoms with Gasteiger partial charge in [0.05, 0.1) is 19.8 Å². The molecule has 4 fully saturated rings. The molecule has 5 atom stereocenters. The smallest absolute Gasteiger partial charge is 0.327 e. The van der Waals surface area contributed by atoms with Crippen LogP contribution in [0.2, 0.25) is 0 Å². The average Bonchev–Trinajstić information content (AvgIpc) is 2.87. The van der Waals surface area contributed by atoms with E-state index in [1.165, 1.54) is 0 Å². The summed E-state index contributed by atoms with van der Waals surface area (Å²) in [6.07, 6.45) is 5.37. The van der Waals surface area contributed by atoms with E-state index in [9.17, 15) is 0 Å². The van der Waals surface area contributed by atoms with Gasteiger partial charge in [-0.15, -0.1) is 0 Å². The summed E-state index contributed by atoms with van der Waals surface area (Å²) in [7, 11) is 1.68. The summed E-state index contributed by atoms with van der Waals surface area (Å²) in [4.78, 5) is 11.8. The largest absolute Gasteiger partial charge is 0.353 e. The van der Waals surface area contributed by atoms with Crippen molar-refractivity contribution in [3.05, 3.63) is 0 Å². The maximum Gasteiger partial charge on any atom is 0.327 e. The summed E-state index contributed by atoms with van der Waals surface area (Å²) in [5.74, 6) is -0.210. The molecular formula is C18H33O7PS. The van der Waals surface area contributed by atoms with Crippen molar-refractivity contribution in [1.82, 2.24) is 0 Å². The van der Waals surface area contributed by atoms with E-state index >= 15 is 0 Å². The zero-order chi connectivity index (χ0) is 19.5. The van der Waals surface area contributed by atoms with Crippen molar-refractivity contribution >= 4 is 18.5 Å². The van der Waals surface area contributed by atoms with Gasteiger partial charge >= 0.3 is 6.72 Å². The van der Waals surface area contributed by atoms with Crippen LogP contribution in [0, 0.1) is 11.8 Å². The minimum absolute atomic E-state index is 0.190. The standard InChI is InChI=1S/C18H33O7PS/c1-5-20-26(27,21-6-2)22-13-11-15-9-7-8-14-10-12-17(3)23-16(19-4)18(14,15)25-24-17/h14-16H,5-13H2,1-4H3/t14-,15+,16+,17-,18-/m1/s1. The van der Waals surface area contributed by atoms with Gasteiger partial charge in [-0.3, -0.25) is 0 Å². The molecule has 0 aromatic rings. The number of hydrogen-bond acceptors (Lipinski definition) is 8. The molecule has 158 valence electrons. The SMILES string of the molecule is CCOP(=S)(OCC)OCC[C@@H]1CCC[C@@H]2CC[C@@]3(C)OO[C@]21[C@@H](OC)O3. The van der Waals surface area contributed by atoms with Crippen molar-refractivity contribution in [3.8, 4) is 0 Å². The second kappa shape index (κ2) is 9.02. The first-order valence-electron chi connectivity index (χ1n) is 10.0. The monoisotopic (exact) mass is 424 g/mol. The quantitative estimate of drug-likeness (QED) is 0.401. The fourth-order valence-corrected chi connectivity index (χ4v) is 6.74.